The van der Waals surface area contributed by atoms with Crippen LogP contribution in [0.1, 0.15) is 22.3 Å². The van der Waals surface area contributed by atoms with Crippen LogP contribution in [0.2, 0.25) is 15.1 Å². The van der Waals surface area contributed by atoms with Gasteiger partial charge in [0.25, 0.3) is 0 Å². The van der Waals surface area contributed by atoms with Gasteiger partial charge in [-0.15, -0.1) is 0 Å². The van der Waals surface area contributed by atoms with E-state index in [0.717, 1.165) is 12.1 Å². The molecule has 2 aromatic carbocycles. The van der Waals surface area contributed by atoms with E-state index in [0.29, 0.717) is 0 Å². The van der Waals surface area contributed by atoms with Crippen LogP contribution in [0.5, 0.6) is 0 Å². The maximum atomic E-state index is 14.1. The minimum Gasteiger partial charge on any atom is -0.294 e. The van der Waals surface area contributed by atoms with Gasteiger partial charge in [0.1, 0.15) is 0 Å². The van der Waals surface area contributed by atoms with Gasteiger partial charge in [-0.2, -0.15) is 13.2 Å². The number of halogens is 6. The van der Waals surface area contributed by atoms with Gasteiger partial charge in [-0.05, 0) is 17.7 Å². The van der Waals surface area contributed by atoms with Crippen molar-refractivity contribution in [1.82, 2.24) is 0 Å². The molecule has 0 N–H and O–H groups in total. The van der Waals surface area contributed by atoms with Crippen molar-refractivity contribution in [2.45, 2.75) is 18.0 Å². The Bertz CT molecular complexity index is 852. The third-order valence-electron chi connectivity index (χ3n) is 4.04. The molecule has 0 radical (unpaired) electrons. The molecule has 10 heteroatoms. The van der Waals surface area contributed by atoms with E-state index in [2.05, 4.69) is 0 Å². The molecule has 0 aliphatic carbocycles. The van der Waals surface area contributed by atoms with Crippen molar-refractivity contribution >= 4 is 40.6 Å². The lowest BCUT2D eigenvalue weighted by Gasteiger charge is -2.32. The standard InChI is InChI=1S/C17H11Cl3F3NO3/c18-12-6-11(7-13(19)15(12)20)16(9-24(26)27,17(21,22)23)8-14(25)10-4-2-1-3-5-10/h1-7H,8-9H2. The number of rotatable bonds is 6. The van der Waals surface area contributed by atoms with Gasteiger partial charge in [0.05, 0.1) is 15.1 Å². The fourth-order valence-corrected chi connectivity index (χ4v) is 3.25. The number of carbonyl (C=O) groups excluding carboxylic acids is 1. The molecule has 0 aliphatic rings. The van der Waals surface area contributed by atoms with E-state index >= 15 is 0 Å². The van der Waals surface area contributed by atoms with E-state index in [1.165, 1.54) is 24.3 Å². The number of hydrogen-bond acceptors (Lipinski definition) is 3. The van der Waals surface area contributed by atoms with Gasteiger partial charge in [0.15, 0.2) is 11.2 Å². The highest BCUT2D eigenvalue weighted by Gasteiger charge is 2.60. The monoisotopic (exact) mass is 439 g/mol. The smallest absolute Gasteiger partial charge is 0.294 e. The maximum absolute atomic E-state index is 14.1. The first-order chi connectivity index (χ1) is 12.5. The van der Waals surface area contributed by atoms with E-state index in [4.69, 9.17) is 34.8 Å². The van der Waals surface area contributed by atoms with Gasteiger partial charge in [0.2, 0.25) is 6.54 Å². The van der Waals surface area contributed by atoms with Crippen LogP contribution in [0.25, 0.3) is 0 Å². The first-order valence-corrected chi connectivity index (χ1v) is 8.53. The predicted molar refractivity (Wildman–Crippen MR) is 96.5 cm³/mol. The minimum absolute atomic E-state index is 0.000584. The molecule has 1 atom stereocenters. The first-order valence-electron chi connectivity index (χ1n) is 7.40. The van der Waals surface area contributed by atoms with E-state index < -0.39 is 40.8 Å². The molecular formula is C17H11Cl3F3NO3. The van der Waals surface area contributed by atoms with Crippen molar-refractivity contribution in [3.05, 3.63) is 78.8 Å². The summed E-state index contributed by atoms with van der Waals surface area (Å²) >= 11 is 17.4. The van der Waals surface area contributed by atoms with Crippen LogP contribution < -0.4 is 0 Å². The van der Waals surface area contributed by atoms with Gasteiger partial charge < -0.3 is 0 Å². The lowest BCUT2D eigenvalue weighted by molar-refractivity contribution is -0.501. The Balaban J connectivity index is 2.67. The highest BCUT2D eigenvalue weighted by Crippen LogP contribution is 2.47. The van der Waals surface area contributed by atoms with Crippen molar-refractivity contribution < 1.29 is 22.9 Å². The number of hydrogen-bond donors (Lipinski definition) is 0. The molecule has 27 heavy (non-hydrogen) atoms. The largest absolute Gasteiger partial charge is 0.405 e. The Morgan fingerprint density at radius 3 is 2.00 bits per heavy atom. The van der Waals surface area contributed by atoms with Crippen LogP contribution >= 0.6 is 34.8 Å². The minimum atomic E-state index is -5.13. The summed E-state index contributed by atoms with van der Waals surface area (Å²) < 4.78 is 42.3. The summed E-state index contributed by atoms with van der Waals surface area (Å²) in [5.74, 6) is -0.906. The average molecular weight is 441 g/mol. The van der Waals surface area contributed by atoms with E-state index in [1.807, 2.05) is 0 Å². The zero-order valence-corrected chi connectivity index (χ0v) is 15.7. The summed E-state index contributed by atoms with van der Waals surface area (Å²) in [6, 6.07) is 8.91. The normalized spacial score (nSPS) is 13.9. The molecule has 0 bridgehead atoms. The lowest BCUT2D eigenvalue weighted by atomic mass is 9.74. The van der Waals surface area contributed by atoms with Gasteiger partial charge in [-0.25, -0.2) is 0 Å². The van der Waals surface area contributed by atoms with E-state index in [1.54, 1.807) is 6.07 Å². The van der Waals surface area contributed by atoms with Gasteiger partial charge in [-0.1, -0.05) is 65.1 Å². The summed E-state index contributed by atoms with van der Waals surface area (Å²) in [6.07, 6.45) is -6.32. The highest BCUT2D eigenvalue weighted by atomic mass is 35.5. The third kappa shape index (κ3) is 4.54. The van der Waals surface area contributed by atoms with E-state index in [-0.39, 0.29) is 20.6 Å². The predicted octanol–water partition coefficient (Wildman–Crippen LogP) is 6.00. The molecule has 0 amide bonds. The van der Waals surface area contributed by atoms with Crippen LogP contribution in [0, 0.1) is 10.1 Å². The van der Waals surface area contributed by atoms with Crippen LogP contribution in [-0.2, 0) is 5.41 Å². The van der Waals surface area contributed by atoms with Crippen molar-refractivity contribution in [2.24, 2.45) is 0 Å². The molecule has 0 fully saturated rings. The van der Waals surface area contributed by atoms with Gasteiger partial charge in [0, 0.05) is 16.9 Å². The second kappa shape index (κ2) is 8.04. The van der Waals surface area contributed by atoms with Crippen molar-refractivity contribution in [3.63, 3.8) is 0 Å². The molecule has 144 valence electrons. The maximum Gasteiger partial charge on any atom is 0.405 e. The average Bonchev–Trinajstić information content (AvgIpc) is 2.57. The number of nitrogens with zero attached hydrogens (tertiary/aromatic N) is 1. The molecule has 0 aromatic heterocycles. The molecule has 0 spiro atoms. The number of benzene rings is 2. The number of alkyl halides is 3. The van der Waals surface area contributed by atoms with Gasteiger partial charge >= 0.3 is 6.18 Å². The summed E-state index contributed by atoms with van der Waals surface area (Å²) in [5.41, 5.74) is -3.72. The number of ketones is 1. The van der Waals surface area contributed by atoms with Crippen molar-refractivity contribution in [2.75, 3.05) is 6.54 Å². The second-order valence-corrected chi connectivity index (χ2v) is 6.98. The Labute approximate surface area is 167 Å². The fraction of sp³-hybridized carbons (Fsp3) is 0.235. The molecular weight excluding hydrogens is 430 g/mol. The van der Waals surface area contributed by atoms with Crippen LogP contribution in [0.3, 0.4) is 0 Å². The molecule has 1 unspecified atom stereocenters. The SMILES string of the molecule is O=C(CC(C[N+](=O)[O-])(c1cc(Cl)c(Cl)c(Cl)c1)C(F)(F)F)c1ccccc1. The second-order valence-electron chi connectivity index (χ2n) is 5.79. The molecule has 4 nitrogen and oxygen atoms in total. The van der Waals surface area contributed by atoms with E-state index in [9.17, 15) is 28.1 Å². The molecule has 0 saturated heterocycles. The zero-order valence-electron chi connectivity index (χ0n) is 13.4. The quantitative estimate of drug-likeness (QED) is 0.240. The first kappa shape index (κ1) is 21.5. The van der Waals surface area contributed by atoms with Crippen LogP contribution in [0.4, 0.5) is 13.2 Å². The zero-order chi connectivity index (χ0) is 20.4. The molecule has 2 rings (SSSR count). The molecule has 0 heterocycles. The summed E-state index contributed by atoms with van der Waals surface area (Å²) in [5, 5.41) is 10.3. The summed E-state index contributed by atoms with van der Waals surface area (Å²) in [6.45, 7) is -1.57. The van der Waals surface area contributed by atoms with Gasteiger partial charge in [-0.3, -0.25) is 14.9 Å². The van der Waals surface area contributed by atoms with Crippen LogP contribution in [0.15, 0.2) is 42.5 Å². The number of carbonyl (C=O) groups is 1. The number of nitro groups is 1. The summed E-state index contributed by atoms with van der Waals surface area (Å²) in [4.78, 5) is 22.5. The van der Waals surface area contributed by atoms with Crippen molar-refractivity contribution in [1.29, 1.82) is 0 Å². The lowest BCUT2D eigenvalue weighted by Crippen LogP contribution is -2.49. The fourth-order valence-electron chi connectivity index (χ4n) is 2.66. The number of Topliss-reactive ketones (excluding diaryl/α,β-unsaturated/α-hetero) is 1. The molecule has 2 aromatic rings. The molecule has 0 aliphatic heterocycles. The third-order valence-corrected chi connectivity index (χ3v) is 5.23. The Kier molecular flexibility index (Phi) is 6.39. The Morgan fingerprint density at radius 1 is 1.04 bits per heavy atom. The Morgan fingerprint density at radius 2 is 1.56 bits per heavy atom. The Hall–Kier alpha value is -1.83. The van der Waals surface area contributed by atoms with Crippen LogP contribution in [-0.4, -0.2) is 23.4 Å². The molecule has 0 saturated carbocycles. The summed E-state index contributed by atoms with van der Waals surface area (Å²) in [7, 11) is 0. The van der Waals surface area contributed by atoms with Crippen molar-refractivity contribution in [3.8, 4) is 0 Å². The topological polar surface area (TPSA) is 60.2 Å². The highest BCUT2D eigenvalue weighted by molar-refractivity contribution is 6.48.